The second-order valence-electron chi connectivity index (χ2n) is 6.74. The molecule has 0 aliphatic carbocycles. The number of nitrogens with zero attached hydrogens (tertiary/aromatic N) is 2. The quantitative estimate of drug-likeness (QED) is 0.612. The van der Waals surface area contributed by atoms with Gasteiger partial charge < -0.3 is 10.2 Å². The molecule has 0 aliphatic heterocycles. The van der Waals surface area contributed by atoms with Crippen LogP contribution in [-0.4, -0.2) is 15.0 Å². The summed E-state index contributed by atoms with van der Waals surface area (Å²) in [4.78, 5) is 6.63. The monoisotopic (exact) mass is 375 g/mol. The number of aromatic nitrogens is 1. The van der Waals surface area contributed by atoms with Crippen LogP contribution in [0.2, 0.25) is 0 Å². The Morgan fingerprint density at radius 3 is 2.33 bits per heavy atom. The highest BCUT2D eigenvalue weighted by Crippen LogP contribution is 2.15. The zero-order chi connectivity index (χ0) is 19.1. The summed E-state index contributed by atoms with van der Waals surface area (Å²) in [6.45, 7) is 5.64. The molecule has 0 saturated carbocycles. The summed E-state index contributed by atoms with van der Waals surface area (Å²) < 4.78 is 0. The lowest BCUT2D eigenvalue weighted by molar-refractivity contribution is 0.389. The highest BCUT2D eigenvalue weighted by molar-refractivity contribution is 7.80. The molecular formula is C23H25N3S. The molecule has 4 heteroatoms. The van der Waals surface area contributed by atoms with Crippen molar-refractivity contribution in [1.29, 1.82) is 0 Å². The average Bonchev–Trinajstić information content (AvgIpc) is 2.70. The number of nitrogens with one attached hydrogen (secondary N) is 1. The first kappa shape index (κ1) is 19.1. The molecule has 0 amide bonds. The molecule has 1 unspecified atom stereocenters. The number of benzene rings is 2. The van der Waals surface area contributed by atoms with E-state index in [0.29, 0.717) is 6.54 Å². The van der Waals surface area contributed by atoms with Crippen molar-refractivity contribution in [3.63, 3.8) is 0 Å². The third-order valence-corrected chi connectivity index (χ3v) is 4.88. The van der Waals surface area contributed by atoms with Crippen molar-refractivity contribution in [1.82, 2.24) is 15.2 Å². The van der Waals surface area contributed by atoms with Crippen molar-refractivity contribution in [2.24, 2.45) is 0 Å². The van der Waals surface area contributed by atoms with Crippen LogP contribution in [-0.2, 0) is 13.1 Å². The third kappa shape index (κ3) is 5.63. The molecule has 0 spiro atoms. The Balaban J connectivity index is 1.75. The van der Waals surface area contributed by atoms with Crippen LogP contribution in [0.4, 0.5) is 0 Å². The second-order valence-corrected chi connectivity index (χ2v) is 7.13. The molecule has 0 fully saturated rings. The van der Waals surface area contributed by atoms with E-state index in [1.165, 1.54) is 16.7 Å². The zero-order valence-corrected chi connectivity index (χ0v) is 16.6. The van der Waals surface area contributed by atoms with Crippen LogP contribution in [0.5, 0.6) is 0 Å². The van der Waals surface area contributed by atoms with E-state index < -0.39 is 0 Å². The highest BCUT2D eigenvalue weighted by atomic mass is 32.1. The molecule has 27 heavy (non-hydrogen) atoms. The van der Waals surface area contributed by atoms with Crippen molar-refractivity contribution in [3.8, 4) is 0 Å². The second kappa shape index (κ2) is 9.28. The Hall–Kier alpha value is -2.72. The number of thiocarbonyl (C=S) groups is 1. The fourth-order valence-electron chi connectivity index (χ4n) is 2.90. The molecular weight excluding hydrogens is 350 g/mol. The van der Waals surface area contributed by atoms with Crippen LogP contribution < -0.4 is 5.32 Å². The minimum Gasteiger partial charge on any atom is -0.356 e. The van der Waals surface area contributed by atoms with Gasteiger partial charge in [-0.3, -0.25) is 4.98 Å². The van der Waals surface area contributed by atoms with E-state index in [2.05, 4.69) is 77.6 Å². The largest absolute Gasteiger partial charge is 0.356 e. The molecule has 0 bridgehead atoms. The van der Waals surface area contributed by atoms with Gasteiger partial charge in [0.2, 0.25) is 0 Å². The predicted molar refractivity (Wildman–Crippen MR) is 115 cm³/mol. The first-order valence-corrected chi connectivity index (χ1v) is 9.58. The van der Waals surface area contributed by atoms with Gasteiger partial charge >= 0.3 is 0 Å². The van der Waals surface area contributed by atoms with Crippen LogP contribution in [0.3, 0.4) is 0 Å². The van der Waals surface area contributed by atoms with Crippen LogP contribution in [0.25, 0.3) is 0 Å². The smallest absolute Gasteiger partial charge is 0.170 e. The molecule has 0 saturated heterocycles. The molecule has 3 aromatic rings. The molecule has 1 atom stereocenters. The Kier molecular flexibility index (Phi) is 6.55. The normalized spacial score (nSPS) is 11.6. The Bertz CT molecular complexity index is 848. The Labute approximate surface area is 167 Å². The number of aryl methyl sites for hydroxylation is 1. The molecule has 2 aromatic carbocycles. The summed E-state index contributed by atoms with van der Waals surface area (Å²) in [5.74, 6) is 0. The summed E-state index contributed by atoms with van der Waals surface area (Å²) in [6, 6.07) is 25.1. The van der Waals surface area contributed by atoms with E-state index >= 15 is 0 Å². The fourth-order valence-corrected chi connectivity index (χ4v) is 3.21. The van der Waals surface area contributed by atoms with E-state index in [9.17, 15) is 0 Å². The van der Waals surface area contributed by atoms with Crippen LogP contribution >= 0.6 is 12.2 Å². The number of hydrogen-bond donors (Lipinski definition) is 1. The van der Waals surface area contributed by atoms with E-state index in [-0.39, 0.29) is 6.04 Å². The van der Waals surface area contributed by atoms with Gasteiger partial charge in [0.1, 0.15) is 0 Å². The predicted octanol–water partition coefficient (Wildman–Crippen LogP) is 5.03. The SMILES string of the molecule is Cc1ccc(CN(Cc2ccccn2)C(=S)NC(C)c2ccccc2)cc1. The van der Waals surface area contributed by atoms with E-state index in [0.717, 1.165) is 17.4 Å². The number of hydrogen-bond acceptors (Lipinski definition) is 2. The first-order chi connectivity index (χ1) is 13.1. The van der Waals surface area contributed by atoms with Gasteiger partial charge in [-0.15, -0.1) is 0 Å². The maximum atomic E-state index is 5.76. The number of rotatable bonds is 6. The van der Waals surface area contributed by atoms with E-state index in [1.807, 2.05) is 30.5 Å². The van der Waals surface area contributed by atoms with Gasteiger partial charge in [-0.25, -0.2) is 0 Å². The fraction of sp³-hybridized carbons (Fsp3) is 0.217. The molecule has 0 aliphatic rings. The minimum absolute atomic E-state index is 0.142. The van der Waals surface area contributed by atoms with Gasteiger partial charge in [-0.1, -0.05) is 66.2 Å². The van der Waals surface area contributed by atoms with Crippen molar-refractivity contribution >= 4 is 17.3 Å². The minimum atomic E-state index is 0.142. The molecule has 3 nitrogen and oxygen atoms in total. The maximum absolute atomic E-state index is 5.76. The molecule has 1 aromatic heterocycles. The standard InChI is InChI=1S/C23H25N3S/c1-18-11-13-20(14-12-18)16-26(17-22-10-6-7-15-24-22)23(27)25-19(2)21-8-4-3-5-9-21/h3-15,19H,16-17H2,1-2H3,(H,25,27). The molecule has 1 heterocycles. The Morgan fingerprint density at radius 1 is 0.963 bits per heavy atom. The van der Waals surface area contributed by atoms with Gasteiger partial charge in [0.25, 0.3) is 0 Å². The van der Waals surface area contributed by atoms with Crippen molar-refractivity contribution < 1.29 is 0 Å². The average molecular weight is 376 g/mol. The summed E-state index contributed by atoms with van der Waals surface area (Å²) in [5.41, 5.74) is 4.70. The lowest BCUT2D eigenvalue weighted by Gasteiger charge is -2.28. The maximum Gasteiger partial charge on any atom is 0.170 e. The summed E-state index contributed by atoms with van der Waals surface area (Å²) >= 11 is 5.76. The van der Waals surface area contributed by atoms with Crippen molar-refractivity contribution in [3.05, 3.63) is 101 Å². The number of pyridine rings is 1. The van der Waals surface area contributed by atoms with Crippen molar-refractivity contribution in [2.45, 2.75) is 33.0 Å². The Morgan fingerprint density at radius 2 is 1.67 bits per heavy atom. The lowest BCUT2D eigenvalue weighted by atomic mass is 10.1. The van der Waals surface area contributed by atoms with Crippen LogP contribution in [0, 0.1) is 6.92 Å². The van der Waals surface area contributed by atoms with Gasteiger partial charge in [0, 0.05) is 12.7 Å². The molecule has 138 valence electrons. The van der Waals surface area contributed by atoms with Gasteiger partial charge in [0.15, 0.2) is 5.11 Å². The summed E-state index contributed by atoms with van der Waals surface area (Å²) in [6.07, 6.45) is 1.82. The third-order valence-electron chi connectivity index (χ3n) is 4.50. The molecule has 1 N–H and O–H groups in total. The molecule has 3 rings (SSSR count). The topological polar surface area (TPSA) is 28.2 Å². The van der Waals surface area contributed by atoms with E-state index in [4.69, 9.17) is 12.2 Å². The van der Waals surface area contributed by atoms with Gasteiger partial charge in [-0.05, 0) is 49.3 Å². The molecule has 0 radical (unpaired) electrons. The van der Waals surface area contributed by atoms with E-state index in [1.54, 1.807) is 0 Å². The highest BCUT2D eigenvalue weighted by Gasteiger charge is 2.15. The van der Waals surface area contributed by atoms with Crippen molar-refractivity contribution in [2.75, 3.05) is 0 Å². The summed E-state index contributed by atoms with van der Waals surface area (Å²) in [7, 11) is 0. The van der Waals surface area contributed by atoms with Gasteiger partial charge in [-0.2, -0.15) is 0 Å². The summed E-state index contributed by atoms with van der Waals surface area (Å²) in [5, 5.41) is 4.21. The lowest BCUT2D eigenvalue weighted by Crippen LogP contribution is -2.40. The zero-order valence-electron chi connectivity index (χ0n) is 15.8. The van der Waals surface area contributed by atoms with Crippen LogP contribution in [0.1, 0.15) is 35.3 Å². The van der Waals surface area contributed by atoms with Crippen LogP contribution in [0.15, 0.2) is 79.0 Å². The van der Waals surface area contributed by atoms with Gasteiger partial charge in [0.05, 0.1) is 18.3 Å². The first-order valence-electron chi connectivity index (χ1n) is 9.17.